The number of rotatable bonds is 8. The Balaban J connectivity index is 1.57. The summed E-state index contributed by atoms with van der Waals surface area (Å²) in [4.78, 5) is 13.6. The van der Waals surface area contributed by atoms with Gasteiger partial charge in [0.05, 0.1) is 17.9 Å². The van der Waals surface area contributed by atoms with Crippen molar-refractivity contribution in [2.75, 3.05) is 0 Å². The van der Waals surface area contributed by atoms with Crippen LogP contribution in [0, 0.1) is 5.92 Å². The van der Waals surface area contributed by atoms with E-state index in [0.717, 1.165) is 21.3 Å². The number of aromatic amines is 1. The van der Waals surface area contributed by atoms with Gasteiger partial charge in [0, 0.05) is 5.56 Å². The molecule has 10 heteroatoms. The van der Waals surface area contributed by atoms with Gasteiger partial charge in [0.1, 0.15) is 0 Å². The van der Waals surface area contributed by atoms with Crippen molar-refractivity contribution in [3.05, 3.63) is 106 Å². The number of benzene rings is 3. The summed E-state index contributed by atoms with van der Waals surface area (Å²) in [5, 5.41) is 14.2. The normalized spacial score (nSPS) is 11.8. The molecule has 2 aromatic heterocycles. The molecule has 7 nitrogen and oxygen atoms in total. The Morgan fingerprint density at radius 3 is 2.18 bits per heavy atom. The van der Waals surface area contributed by atoms with Crippen LogP contribution in [-0.2, 0) is 19.1 Å². The summed E-state index contributed by atoms with van der Waals surface area (Å²) in [7, 11) is 0. The summed E-state index contributed by atoms with van der Waals surface area (Å²) in [5.41, 5.74) is 1.83. The second kappa shape index (κ2) is 10.7. The van der Waals surface area contributed by atoms with Crippen LogP contribution < -0.4 is 5.69 Å². The lowest BCUT2D eigenvalue weighted by atomic mass is 9.98. The third-order valence-corrected chi connectivity index (χ3v) is 6.61. The molecule has 0 amide bonds. The maximum atomic E-state index is 14.5. The second-order valence-electron chi connectivity index (χ2n) is 9.74. The zero-order chi connectivity index (χ0) is 27.6. The minimum atomic E-state index is -4.70. The fourth-order valence-corrected chi connectivity index (χ4v) is 4.72. The molecule has 0 bridgehead atoms. The van der Waals surface area contributed by atoms with Gasteiger partial charge in [-0.15, -0.1) is 10.2 Å². The quantitative estimate of drug-likeness (QED) is 0.260. The van der Waals surface area contributed by atoms with Crippen molar-refractivity contribution in [3.8, 4) is 28.2 Å². The predicted molar refractivity (Wildman–Crippen MR) is 142 cm³/mol. The Bertz CT molecular complexity index is 1600. The first-order chi connectivity index (χ1) is 18.7. The molecule has 5 rings (SSSR count). The molecule has 0 fully saturated rings. The molecule has 0 atom stereocenters. The SMILES string of the molecule is CC(C)CCc1c(C(F)(F)F)n(-c2ccccc2)c(=O)n1Cc1ccc(-c2ccccc2-c2nn[nH]n2)cc1. The van der Waals surface area contributed by atoms with E-state index in [1.165, 1.54) is 16.7 Å². The van der Waals surface area contributed by atoms with Crippen molar-refractivity contribution in [3.63, 3.8) is 0 Å². The van der Waals surface area contributed by atoms with Crippen LogP contribution in [0.4, 0.5) is 13.2 Å². The molecular weight excluding hydrogens is 505 g/mol. The van der Waals surface area contributed by atoms with Crippen LogP contribution in [0.2, 0.25) is 0 Å². The predicted octanol–water partition coefficient (Wildman–Crippen LogP) is 6.14. The van der Waals surface area contributed by atoms with Crippen LogP contribution in [0.3, 0.4) is 0 Å². The van der Waals surface area contributed by atoms with Crippen molar-refractivity contribution in [2.45, 2.75) is 39.4 Å². The maximum Gasteiger partial charge on any atom is 0.433 e. The topological polar surface area (TPSA) is 81.4 Å². The number of tetrazole rings is 1. The lowest BCUT2D eigenvalue weighted by Gasteiger charge is -2.14. The maximum absolute atomic E-state index is 14.5. The summed E-state index contributed by atoms with van der Waals surface area (Å²) in [6.07, 6.45) is -4.04. The van der Waals surface area contributed by atoms with Crippen molar-refractivity contribution in [2.24, 2.45) is 5.92 Å². The minimum absolute atomic E-state index is 0.00317. The van der Waals surface area contributed by atoms with Crippen LogP contribution in [0.1, 0.15) is 37.2 Å². The van der Waals surface area contributed by atoms with Gasteiger partial charge in [-0.2, -0.15) is 18.4 Å². The lowest BCUT2D eigenvalue weighted by Crippen LogP contribution is -2.26. The van der Waals surface area contributed by atoms with Gasteiger partial charge in [-0.3, -0.25) is 9.13 Å². The fourth-order valence-electron chi connectivity index (χ4n) is 4.72. The standard InChI is InChI=1S/C29H27F3N6O/c1-19(2)12-17-25-26(29(30,31)32)38(22-8-4-3-5-9-22)28(39)37(25)18-20-13-15-21(16-14-20)23-10-6-7-11-24(23)27-33-35-36-34-27/h3-11,13-16,19H,12,17-18H2,1-2H3,(H,33,34,35,36). The first-order valence-electron chi connectivity index (χ1n) is 12.6. The fraction of sp³-hybridized carbons (Fsp3) is 0.241. The summed E-state index contributed by atoms with van der Waals surface area (Å²) >= 11 is 0. The zero-order valence-electron chi connectivity index (χ0n) is 21.5. The average molecular weight is 533 g/mol. The van der Waals surface area contributed by atoms with Gasteiger partial charge in [-0.1, -0.05) is 80.6 Å². The van der Waals surface area contributed by atoms with Gasteiger partial charge < -0.3 is 0 Å². The van der Waals surface area contributed by atoms with E-state index in [1.807, 2.05) is 62.4 Å². The first-order valence-corrected chi connectivity index (χ1v) is 12.6. The minimum Gasteiger partial charge on any atom is -0.291 e. The van der Waals surface area contributed by atoms with Gasteiger partial charge in [0.2, 0.25) is 5.82 Å². The van der Waals surface area contributed by atoms with E-state index in [9.17, 15) is 18.0 Å². The first kappa shape index (κ1) is 26.1. The van der Waals surface area contributed by atoms with E-state index in [0.29, 0.717) is 17.8 Å². The van der Waals surface area contributed by atoms with Crippen LogP contribution in [-0.4, -0.2) is 29.8 Å². The van der Waals surface area contributed by atoms with Gasteiger partial charge in [0.15, 0.2) is 5.69 Å². The third kappa shape index (κ3) is 5.41. The third-order valence-electron chi connectivity index (χ3n) is 6.61. The molecule has 0 saturated heterocycles. The molecule has 0 aliphatic carbocycles. The van der Waals surface area contributed by atoms with E-state index in [2.05, 4.69) is 20.6 Å². The Labute approximate surface area is 222 Å². The largest absolute Gasteiger partial charge is 0.433 e. The van der Waals surface area contributed by atoms with Crippen molar-refractivity contribution < 1.29 is 13.2 Å². The number of imidazole rings is 1. The summed E-state index contributed by atoms with van der Waals surface area (Å²) in [5.74, 6) is 0.631. The van der Waals surface area contributed by atoms with E-state index in [1.54, 1.807) is 18.2 Å². The second-order valence-corrected chi connectivity index (χ2v) is 9.74. The molecule has 39 heavy (non-hydrogen) atoms. The van der Waals surface area contributed by atoms with Gasteiger partial charge >= 0.3 is 11.9 Å². The summed E-state index contributed by atoms with van der Waals surface area (Å²) in [6, 6.07) is 23.0. The smallest absolute Gasteiger partial charge is 0.291 e. The molecular formula is C29H27F3N6O. The number of H-pyrrole nitrogens is 1. The number of hydrogen-bond acceptors (Lipinski definition) is 4. The number of hydrogen-bond donors (Lipinski definition) is 1. The Morgan fingerprint density at radius 1 is 0.897 bits per heavy atom. The highest BCUT2D eigenvalue weighted by molar-refractivity contribution is 5.80. The van der Waals surface area contributed by atoms with Gasteiger partial charge in [-0.25, -0.2) is 4.79 Å². The monoisotopic (exact) mass is 532 g/mol. The summed E-state index contributed by atoms with van der Waals surface area (Å²) in [6.45, 7) is 3.92. The number of nitrogens with zero attached hydrogens (tertiary/aromatic N) is 5. The summed E-state index contributed by atoms with van der Waals surface area (Å²) < 4.78 is 45.4. The Kier molecular flexibility index (Phi) is 7.19. The molecule has 0 aliphatic rings. The van der Waals surface area contributed by atoms with Crippen LogP contribution in [0.5, 0.6) is 0 Å². The lowest BCUT2D eigenvalue weighted by molar-refractivity contribution is -0.143. The molecule has 3 aromatic carbocycles. The molecule has 5 aromatic rings. The van der Waals surface area contributed by atoms with Gasteiger partial charge in [-0.05, 0) is 52.8 Å². The average Bonchev–Trinajstić information content (AvgIpc) is 3.55. The molecule has 0 aliphatic heterocycles. The molecule has 0 saturated carbocycles. The van der Waals surface area contributed by atoms with Gasteiger partial charge in [0.25, 0.3) is 0 Å². The van der Waals surface area contributed by atoms with E-state index < -0.39 is 17.6 Å². The van der Waals surface area contributed by atoms with Crippen LogP contribution >= 0.6 is 0 Å². The van der Waals surface area contributed by atoms with Crippen molar-refractivity contribution in [1.29, 1.82) is 0 Å². The number of alkyl halides is 3. The number of para-hydroxylation sites is 1. The Hall–Kier alpha value is -4.47. The van der Waals surface area contributed by atoms with E-state index in [-0.39, 0.29) is 30.3 Å². The number of halogens is 3. The van der Waals surface area contributed by atoms with E-state index in [4.69, 9.17) is 0 Å². The molecule has 0 radical (unpaired) electrons. The highest BCUT2D eigenvalue weighted by Gasteiger charge is 2.41. The molecule has 1 N–H and O–H groups in total. The van der Waals surface area contributed by atoms with Crippen molar-refractivity contribution >= 4 is 0 Å². The van der Waals surface area contributed by atoms with E-state index >= 15 is 0 Å². The molecule has 200 valence electrons. The molecule has 0 spiro atoms. The zero-order valence-corrected chi connectivity index (χ0v) is 21.5. The number of nitrogens with one attached hydrogen (secondary N) is 1. The highest BCUT2D eigenvalue weighted by Crippen LogP contribution is 2.35. The van der Waals surface area contributed by atoms with Crippen LogP contribution in [0.25, 0.3) is 28.2 Å². The molecule has 0 unspecified atom stereocenters. The van der Waals surface area contributed by atoms with Crippen molar-refractivity contribution in [1.82, 2.24) is 29.8 Å². The molecule has 2 heterocycles. The Morgan fingerprint density at radius 2 is 1.56 bits per heavy atom. The number of aromatic nitrogens is 6. The van der Waals surface area contributed by atoms with Crippen LogP contribution in [0.15, 0.2) is 83.7 Å². The highest BCUT2D eigenvalue weighted by atomic mass is 19.4.